The van der Waals surface area contributed by atoms with E-state index in [9.17, 15) is 0 Å². The molecule has 0 saturated heterocycles. The molecule has 0 aliphatic heterocycles. The van der Waals surface area contributed by atoms with Gasteiger partial charge in [0, 0.05) is 11.0 Å². The van der Waals surface area contributed by atoms with E-state index in [4.69, 9.17) is 11.6 Å². The second kappa shape index (κ2) is 6.08. The Bertz CT molecular complexity index is 365. The molecule has 0 aliphatic rings. The summed E-state index contributed by atoms with van der Waals surface area (Å²) in [6.07, 6.45) is 0. The van der Waals surface area contributed by atoms with Gasteiger partial charge >= 0.3 is 0 Å². The van der Waals surface area contributed by atoms with Gasteiger partial charge in [0.05, 0.1) is 11.6 Å². The highest BCUT2D eigenvalue weighted by Gasteiger charge is 1.97. The zero-order valence-electron chi connectivity index (χ0n) is 7.90. The summed E-state index contributed by atoms with van der Waals surface area (Å²) in [4.78, 5) is 0. The maximum absolute atomic E-state index is 5.87. The largest absolute Gasteiger partial charge is 0.302 e. The van der Waals surface area contributed by atoms with Gasteiger partial charge in [-0.3, -0.25) is 0 Å². The van der Waals surface area contributed by atoms with Crippen molar-refractivity contribution in [3.05, 3.63) is 33.3 Å². The fourth-order valence-corrected chi connectivity index (χ4v) is 1.55. The number of benzene rings is 1. The summed E-state index contributed by atoms with van der Waals surface area (Å²) in [5.74, 6) is 5.78. The van der Waals surface area contributed by atoms with Gasteiger partial charge in [-0.2, -0.15) is 0 Å². The van der Waals surface area contributed by atoms with Crippen molar-refractivity contribution in [3.8, 4) is 11.8 Å². The lowest BCUT2D eigenvalue weighted by Crippen LogP contribution is -2.12. The summed E-state index contributed by atoms with van der Waals surface area (Å²) < 4.78 is 0.931. The van der Waals surface area contributed by atoms with Crippen molar-refractivity contribution < 1.29 is 0 Å². The van der Waals surface area contributed by atoms with Crippen LogP contribution in [0.5, 0.6) is 0 Å². The Morgan fingerprint density at radius 3 is 2.93 bits per heavy atom. The Labute approximate surface area is 98.0 Å². The van der Waals surface area contributed by atoms with E-state index < -0.39 is 0 Å². The van der Waals surface area contributed by atoms with E-state index in [-0.39, 0.29) is 0 Å². The second-order valence-electron chi connectivity index (χ2n) is 2.78. The molecular weight excluding hydrogens is 261 g/mol. The van der Waals surface area contributed by atoms with Gasteiger partial charge in [-0.1, -0.05) is 23.6 Å². The third-order valence-corrected chi connectivity index (χ3v) is 2.92. The van der Waals surface area contributed by atoms with Crippen molar-refractivity contribution in [2.45, 2.75) is 13.5 Å². The molecule has 0 heterocycles. The fourth-order valence-electron chi connectivity index (χ4n) is 1.01. The van der Waals surface area contributed by atoms with Gasteiger partial charge in [0.2, 0.25) is 0 Å². The summed E-state index contributed by atoms with van der Waals surface area (Å²) in [5, 5.41) is 3.95. The third-order valence-electron chi connectivity index (χ3n) is 1.70. The first-order chi connectivity index (χ1) is 6.74. The molecule has 1 rings (SSSR count). The summed E-state index contributed by atoms with van der Waals surface area (Å²) in [5.41, 5.74) is 1.19. The van der Waals surface area contributed by atoms with Gasteiger partial charge in [-0.15, -0.1) is 5.92 Å². The van der Waals surface area contributed by atoms with E-state index in [1.807, 2.05) is 25.1 Å². The van der Waals surface area contributed by atoms with Crippen LogP contribution in [0.1, 0.15) is 12.5 Å². The third kappa shape index (κ3) is 3.71. The highest BCUT2D eigenvalue weighted by atomic mass is 79.9. The maximum Gasteiger partial charge on any atom is 0.0578 e. The van der Waals surface area contributed by atoms with Crippen molar-refractivity contribution in [3.63, 3.8) is 0 Å². The molecule has 14 heavy (non-hydrogen) atoms. The molecule has 74 valence electrons. The molecule has 1 N–H and O–H groups in total. The van der Waals surface area contributed by atoms with Crippen LogP contribution in [0.15, 0.2) is 22.7 Å². The molecule has 0 radical (unpaired) electrons. The number of hydrogen-bond donors (Lipinski definition) is 1. The quantitative estimate of drug-likeness (QED) is 0.658. The van der Waals surface area contributed by atoms with E-state index in [1.54, 1.807) is 0 Å². The first kappa shape index (κ1) is 11.6. The predicted molar refractivity (Wildman–Crippen MR) is 64.3 cm³/mol. The molecule has 1 nitrogen and oxygen atoms in total. The van der Waals surface area contributed by atoms with Crippen LogP contribution in [0, 0.1) is 11.8 Å². The Balaban J connectivity index is 2.50. The van der Waals surface area contributed by atoms with Crippen molar-refractivity contribution >= 4 is 27.5 Å². The van der Waals surface area contributed by atoms with Gasteiger partial charge in [0.1, 0.15) is 0 Å². The monoisotopic (exact) mass is 271 g/mol. The molecule has 0 bridgehead atoms. The lowest BCUT2D eigenvalue weighted by molar-refractivity contribution is 0.769. The summed E-state index contributed by atoms with van der Waals surface area (Å²) >= 11 is 9.26. The van der Waals surface area contributed by atoms with Gasteiger partial charge < -0.3 is 5.32 Å². The van der Waals surface area contributed by atoms with E-state index in [1.165, 1.54) is 5.56 Å². The van der Waals surface area contributed by atoms with Crippen LogP contribution in [0.4, 0.5) is 0 Å². The van der Waals surface area contributed by atoms with Crippen LogP contribution in [0.2, 0.25) is 5.02 Å². The van der Waals surface area contributed by atoms with Crippen LogP contribution in [0.25, 0.3) is 0 Å². The standard InChI is InChI=1S/C11H11BrClN/c1-2-3-6-14-8-9-4-5-11(13)10(12)7-9/h4-5,7,14H,6,8H2,1H3. The van der Waals surface area contributed by atoms with Gasteiger partial charge in [0.25, 0.3) is 0 Å². The topological polar surface area (TPSA) is 12.0 Å². The molecule has 0 unspecified atom stereocenters. The number of rotatable bonds is 3. The van der Waals surface area contributed by atoms with Crippen molar-refractivity contribution in [2.75, 3.05) is 6.54 Å². The van der Waals surface area contributed by atoms with Crippen LogP contribution < -0.4 is 5.32 Å². The number of hydrogen-bond acceptors (Lipinski definition) is 1. The van der Waals surface area contributed by atoms with E-state index in [0.29, 0.717) is 0 Å². The smallest absolute Gasteiger partial charge is 0.0578 e. The molecule has 0 spiro atoms. The number of nitrogens with one attached hydrogen (secondary N) is 1. The second-order valence-corrected chi connectivity index (χ2v) is 4.04. The first-order valence-electron chi connectivity index (χ1n) is 4.28. The Morgan fingerprint density at radius 2 is 2.29 bits per heavy atom. The maximum atomic E-state index is 5.87. The summed E-state index contributed by atoms with van der Waals surface area (Å²) in [6.45, 7) is 3.36. The number of halogens is 2. The molecule has 0 saturated carbocycles. The average Bonchev–Trinajstić information content (AvgIpc) is 2.18. The van der Waals surface area contributed by atoms with Crippen molar-refractivity contribution in [1.82, 2.24) is 5.32 Å². The van der Waals surface area contributed by atoms with Crippen LogP contribution in [0.3, 0.4) is 0 Å². The Morgan fingerprint density at radius 1 is 1.50 bits per heavy atom. The molecule has 0 amide bonds. The minimum Gasteiger partial charge on any atom is -0.302 e. The zero-order valence-corrected chi connectivity index (χ0v) is 10.2. The SMILES string of the molecule is CC#CCNCc1ccc(Cl)c(Br)c1. The van der Waals surface area contributed by atoms with E-state index in [2.05, 4.69) is 33.1 Å². The van der Waals surface area contributed by atoms with E-state index in [0.717, 1.165) is 22.6 Å². The molecule has 0 fully saturated rings. The first-order valence-corrected chi connectivity index (χ1v) is 5.45. The van der Waals surface area contributed by atoms with Crippen molar-refractivity contribution in [1.29, 1.82) is 0 Å². The fraction of sp³-hybridized carbons (Fsp3) is 0.273. The van der Waals surface area contributed by atoms with Crippen LogP contribution >= 0.6 is 27.5 Å². The highest BCUT2D eigenvalue weighted by Crippen LogP contribution is 2.22. The van der Waals surface area contributed by atoms with Crippen molar-refractivity contribution in [2.24, 2.45) is 0 Å². The molecule has 0 aliphatic carbocycles. The minimum atomic E-state index is 0.719. The Kier molecular flexibility index (Phi) is 5.03. The molecule has 0 aromatic heterocycles. The zero-order chi connectivity index (χ0) is 10.4. The minimum absolute atomic E-state index is 0.719. The molecule has 1 aromatic rings. The summed E-state index contributed by atoms with van der Waals surface area (Å²) in [7, 11) is 0. The van der Waals surface area contributed by atoms with Gasteiger partial charge in [0.15, 0.2) is 0 Å². The van der Waals surface area contributed by atoms with Gasteiger partial charge in [-0.05, 0) is 40.5 Å². The lowest BCUT2D eigenvalue weighted by atomic mass is 10.2. The van der Waals surface area contributed by atoms with E-state index >= 15 is 0 Å². The Hall–Kier alpha value is -0.490. The van der Waals surface area contributed by atoms with Gasteiger partial charge in [-0.25, -0.2) is 0 Å². The predicted octanol–water partition coefficient (Wildman–Crippen LogP) is 3.22. The lowest BCUT2D eigenvalue weighted by Gasteiger charge is -2.03. The van der Waals surface area contributed by atoms with Crippen LogP contribution in [-0.4, -0.2) is 6.54 Å². The molecule has 0 atom stereocenters. The van der Waals surface area contributed by atoms with Crippen LogP contribution in [-0.2, 0) is 6.54 Å². The molecular formula is C11H11BrClN. The average molecular weight is 273 g/mol. The summed E-state index contributed by atoms with van der Waals surface area (Å²) in [6, 6.07) is 5.89. The highest BCUT2D eigenvalue weighted by molar-refractivity contribution is 9.10. The normalized spacial score (nSPS) is 9.36. The molecule has 3 heteroatoms. The molecule has 1 aromatic carbocycles.